The third-order valence-electron chi connectivity index (χ3n) is 4.89. The van der Waals surface area contributed by atoms with E-state index in [1.54, 1.807) is 7.05 Å². The second kappa shape index (κ2) is 10.5. The molecule has 2 aromatic rings. The van der Waals surface area contributed by atoms with E-state index in [2.05, 4.69) is 16.9 Å². The molecule has 7 heteroatoms. The molecular formula is C22H30F3N3O. The minimum absolute atomic E-state index is 0.0539. The zero-order valence-electron chi connectivity index (χ0n) is 17.6. The summed E-state index contributed by atoms with van der Waals surface area (Å²) in [6.07, 6.45) is 2.43. The lowest BCUT2D eigenvalue weighted by molar-refractivity contribution is -0.137. The summed E-state index contributed by atoms with van der Waals surface area (Å²) in [6.45, 7) is 5.92. The van der Waals surface area contributed by atoms with Crippen LogP contribution >= 0.6 is 0 Å². The summed E-state index contributed by atoms with van der Waals surface area (Å²) in [7, 11) is 1.57. The third kappa shape index (κ3) is 6.61. The molecule has 0 aliphatic carbocycles. The zero-order valence-corrected chi connectivity index (χ0v) is 17.6. The number of aryl methyl sites for hydroxylation is 1. The molecule has 2 rings (SSSR count). The van der Waals surface area contributed by atoms with Gasteiger partial charge in [0, 0.05) is 18.9 Å². The highest BCUT2D eigenvalue weighted by atomic mass is 19.4. The van der Waals surface area contributed by atoms with Crippen LogP contribution in [-0.4, -0.2) is 23.1 Å². The van der Waals surface area contributed by atoms with Crippen LogP contribution < -0.4 is 9.64 Å². The molecule has 0 radical (unpaired) electrons. The Labute approximate surface area is 171 Å². The Balaban J connectivity index is 2.25. The average molecular weight is 409 g/mol. The van der Waals surface area contributed by atoms with E-state index in [4.69, 9.17) is 4.74 Å². The summed E-state index contributed by atoms with van der Waals surface area (Å²) < 4.78 is 46.0. The van der Waals surface area contributed by atoms with Gasteiger partial charge >= 0.3 is 12.2 Å². The van der Waals surface area contributed by atoms with Crippen LogP contribution in [0.15, 0.2) is 30.5 Å². The van der Waals surface area contributed by atoms with Crippen LogP contribution in [0.25, 0.3) is 0 Å². The fraction of sp³-hybridized carbons (Fsp3) is 0.545. The van der Waals surface area contributed by atoms with E-state index >= 15 is 0 Å². The molecule has 0 saturated heterocycles. The maximum Gasteiger partial charge on any atom is 0.421 e. The van der Waals surface area contributed by atoms with Gasteiger partial charge in [0.1, 0.15) is 5.56 Å². The van der Waals surface area contributed by atoms with Crippen molar-refractivity contribution in [2.24, 2.45) is 0 Å². The van der Waals surface area contributed by atoms with Crippen LogP contribution in [0.4, 0.5) is 24.7 Å². The van der Waals surface area contributed by atoms with Crippen molar-refractivity contribution in [3.63, 3.8) is 0 Å². The van der Waals surface area contributed by atoms with E-state index in [1.807, 2.05) is 38.1 Å². The summed E-state index contributed by atoms with van der Waals surface area (Å²) in [5, 5.41) is 0. The molecule has 160 valence electrons. The highest BCUT2D eigenvalue weighted by Gasteiger charge is 2.36. The highest BCUT2D eigenvalue weighted by molar-refractivity contribution is 5.63. The molecule has 29 heavy (non-hydrogen) atoms. The van der Waals surface area contributed by atoms with Gasteiger partial charge in [-0.25, -0.2) is 4.98 Å². The summed E-state index contributed by atoms with van der Waals surface area (Å²) in [6, 6.07) is 7.52. The number of nitrogens with zero attached hydrogens (tertiary/aromatic N) is 3. The average Bonchev–Trinajstić information content (AvgIpc) is 2.70. The Bertz CT molecular complexity index is 763. The topological polar surface area (TPSA) is 38.2 Å². The number of aromatic nitrogens is 2. The van der Waals surface area contributed by atoms with Crippen molar-refractivity contribution in [3.05, 3.63) is 41.6 Å². The van der Waals surface area contributed by atoms with E-state index in [9.17, 15) is 13.2 Å². The first-order valence-electron chi connectivity index (χ1n) is 10.2. The minimum atomic E-state index is -4.56. The first-order valence-corrected chi connectivity index (χ1v) is 10.2. The van der Waals surface area contributed by atoms with Crippen molar-refractivity contribution >= 4 is 11.5 Å². The number of halogens is 3. The molecule has 0 aliphatic rings. The predicted octanol–water partition coefficient (Wildman–Crippen LogP) is 6.56. The molecule has 1 aromatic carbocycles. The lowest BCUT2D eigenvalue weighted by Gasteiger charge is -2.23. The van der Waals surface area contributed by atoms with Gasteiger partial charge in [0.05, 0.1) is 6.10 Å². The van der Waals surface area contributed by atoms with Crippen molar-refractivity contribution in [3.8, 4) is 6.01 Å². The van der Waals surface area contributed by atoms with E-state index < -0.39 is 11.7 Å². The fourth-order valence-electron chi connectivity index (χ4n) is 2.90. The Morgan fingerprint density at radius 1 is 1.07 bits per heavy atom. The summed E-state index contributed by atoms with van der Waals surface area (Å²) in [5.41, 5.74) is 0.916. The summed E-state index contributed by atoms with van der Waals surface area (Å²) >= 11 is 0. The fourth-order valence-corrected chi connectivity index (χ4v) is 2.90. The Morgan fingerprint density at radius 2 is 1.76 bits per heavy atom. The van der Waals surface area contributed by atoms with Gasteiger partial charge in [0.2, 0.25) is 0 Å². The number of benzene rings is 1. The van der Waals surface area contributed by atoms with Crippen molar-refractivity contribution in [1.82, 2.24) is 9.97 Å². The molecule has 1 heterocycles. The van der Waals surface area contributed by atoms with Gasteiger partial charge in [-0.3, -0.25) is 0 Å². The van der Waals surface area contributed by atoms with Crippen molar-refractivity contribution in [2.45, 2.75) is 71.6 Å². The van der Waals surface area contributed by atoms with Gasteiger partial charge in [0.25, 0.3) is 0 Å². The SMILES string of the molecule is CCCCCCc1ccc(N(C)c2nc(OC(C)CC)ncc2C(F)(F)F)cc1. The lowest BCUT2D eigenvalue weighted by atomic mass is 10.1. The maximum atomic E-state index is 13.5. The van der Waals surface area contributed by atoms with Crippen molar-refractivity contribution in [2.75, 3.05) is 11.9 Å². The molecule has 1 unspecified atom stereocenters. The molecule has 0 saturated carbocycles. The van der Waals surface area contributed by atoms with Gasteiger partial charge in [-0.15, -0.1) is 0 Å². The van der Waals surface area contributed by atoms with Crippen molar-refractivity contribution < 1.29 is 17.9 Å². The van der Waals surface area contributed by atoms with Crippen LogP contribution in [0.2, 0.25) is 0 Å². The summed E-state index contributed by atoms with van der Waals surface area (Å²) in [4.78, 5) is 9.25. The standard InChI is InChI=1S/C22H30F3N3O/c1-5-7-8-9-10-17-11-13-18(14-12-17)28(4)20-19(22(23,24)25)15-26-21(27-20)29-16(3)6-2/h11-16H,5-10H2,1-4H3. The largest absolute Gasteiger partial charge is 0.460 e. The minimum Gasteiger partial charge on any atom is -0.460 e. The van der Waals surface area contributed by atoms with Crippen molar-refractivity contribution in [1.29, 1.82) is 0 Å². The van der Waals surface area contributed by atoms with Gasteiger partial charge in [0.15, 0.2) is 5.82 Å². The van der Waals surface area contributed by atoms with E-state index in [1.165, 1.54) is 29.7 Å². The smallest absolute Gasteiger partial charge is 0.421 e. The van der Waals surface area contributed by atoms with Crippen LogP contribution in [-0.2, 0) is 12.6 Å². The second-order valence-corrected chi connectivity index (χ2v) is 7.26. The number of alkyl halides is 3. The second-order valence-electron chi connectivity index (χ2n) is 7.26. The lowest BCUT2D eigenvalue weighted by Crippen LogP contribution is -2.20. The van der Waals surface area contributed by atoms with E-state index in [0.717, 1.165) is 19.0 Å². The number of rotatable bonds is 10. The van der Waals surface area contributed by atoms with Crippen LogP contribution in [0.1, 0.15) is 64.0 Å². The first-order chi connectivity index (χ1) is 13.8. The Kier molecular flexibility index (Phi) is 8.29. The van der Waals surface area contributed by atoms with Crippen LogP contribution in [0.3, 0.4) is 0 Å². The molecule has 1 aromatic heterocycles. The van der Waals surface area contributed by atoms with Crippen LogP contribution in [0, 0.1) is 0 Å². The number of anilines is 2. The predicted molar refractivity (Wildman–Crippen MR) is 110 cm³/mol. The van der Waals surface area contributed by atoms with Gasteiger partial charge < -0.3 is 9.64 Å². The third-order valence-corrected chi connectivity index (χ3v) is 4.89. The quantitative estimate of drug-likeness (QED) is 0.416. The summed E-state index contributed by atoms with van der Waals surface area (Å²) in [5.74, 6) is -0.221. The maximum absolute atomic E-state index is 13.5. The van der Waals surface area contributed by atoms with Gasteiger partial charge in [-0.2, -0.15) is 18.2 Å². The molecule has 0 N–H and O–H groups in total. The number of ether oxygens (including phenoxy) is 1. The molecule has 0 bridgehead atoms. The van der Waals surface area contributed by atoms with Crippen LogP contribution in [0.5, 0.6) is 6.01 Å². The molecule has 0 amide bonds. The zero-order chi connectivity index (χ0) is 21.4. The highest BCUT2D eigenvalue weighted by Crippen LogP contribution is 2.37. The van der Waals surface area contributed by atoms with Gasteiger partial charge in [-0.1, -0.05) is 45.2 Å². The molecule has 0 aliphatic heterocycles. The van der Waals surface area contributed by atoms with Gasteiger partial charge in [-0.05, 0) is 43.9 Å². The normalized spacial score (nSPS) is 12.7. The molecule has 4 nitrogen and oxygen atoms in total. The number of unbranched alkanes of at least 4 members (excludes halogenated alkanes) is 3. The molecule has 0 spiro atoms. The monoisotopic (exact) mass is 409 g/mol. The molecular weight excluding hydrogens is 379 g/mol. The molecule has 1 atom stereocenters. The Morgan fingerprint density at radius 3 is 2.34 bits per heavy atom. The van der Waals surface area contributed by atoms with E-state index in [0.29, 0.717) is 12.1 Å². The molecule has 0 fully saturated rings. The number of hydrogen-bond acceptors (Lipinski definition) is 4. The van der Waals surface area contributed by atoms with E-state index in [-0.39, 0.29) is 17.9 Å². The number of hydrogen-bond donors (Lipinski definition) is 0. The Hall–Kier alpha value is -2.31. The first kappa shape index (κ1) is 23.0.